The van der Waals surface area contributed by atoms with Gasteiger partial charge in [0.1, 0.15) is 0 Å². The van der Waals surface area contributed by atoms with E-state index in [1.54, 1.807) is 0 Å². The van der Waals surface area contributed by atoms with Crippen molar-refractivity contribution in [2.75, 3.05) is 9.80 Å². The van der Waals surface area contributed by atoms with Gasteiger partial charge in [-0.3, -0.25) is 0 Å². The Morgan fingerprint density at radius 2 is 0.804 bits per heavy atom. The van der Waals surface area contributed by atoms with Crippen molar-refractivity contribution >= 4 is 34.1 Å². The smallest absolute Gasteiger partial charge is 0.0461 e. The number of anilines is 6. The lowest BCUT2D eigenvalue weighted by Gasteiger charge is -2.42. The quantitative estimate of drug-likeness (QED) is 0.152. The Bertz CT molecular complexity index is 1920. The second-order valence-electron chi connectivity index (χ2n) is 15.0. The lowest BCUT2D eigenvalue weighted by atomic mass is 9.62. The molecule has 0 spiro atoms. The van der Waals surface area contributed by atoms with Gasteiger partial charge in [-0.25, -0.2) is 0 Å². The lowest BCUT2D eigenvalue weighted by Crippen LogP contribution is -2.33. The van der Waals surface area contributed by atoms with Crippen molar-refractivity contribution in [3.05, 3.63) is 180 Å². The molecule has 2 aliphatic rings. The number of rotatable bonds is 9. The van der Waals surface area contributed by atoms with E-state index in [-0.39, 0.29) is 5.41 Å². The van der Waals surface area contributed by atoms with E-state index < -0.39 is 0 Å². The van der Waals surface area contributed by atoms with Gasteiger partial charge in [0.15, 0.2) is 0 Å². The zero-order chi connectivity index (χ0) is 34.5. The van der Waals surface area contributed by atoms with Gasteiger partial charge >= 0.3 is 0 Å². The van der Waals surface area contributed by atoms with Crippen molar-refractivity contribution in [2.24, 2.45) is 5.92 Å². The molecule has 0 radical (unpaired) electrons. The third kappa shape index (κ3) is 6.97. The van der Waals surface area contributed by atoms with Gasteiger partial charge in [0.2, 0.25) is 0 Å². The number of hydrogen-bond acceptors (Lipinski definition) is 2. The fourth-order valence-electron chi connectivity index (χ4n) is 9.06. The second kappa shape index (κ2) is 15.0. The summed E-state index contributed by atoms with van der Waals surface area (Å²) in [6, 6.07) is 60.7. The summed E-state index contributed by atoms with van der Waals surface area (Å²) in [5, 5.41) is 0. The molecule has 0 heterocycles. The molecule has 2 fully saturated rings. The van der Waals surface area contributed by atoms with Crippen LogP contribution in [-0.2, 0) is 5.41 Å². The predicted molar refractivity (Wildman–Crippen MR) is 216 cm³/mol. The minimum absolute atomic E-state index is 0.0156. The van der Waals surface area contributed by atoms with E-state index in [1.807, 2.05) is 0 Å². The first-order chi connectivity index (χ1) is 25.2. The molecule has 256 valence electrons. The zero-order valence-electron chi connectivity index (χ0n) is 30.0. The predicted octanol–water partition coefficient (Wildman–Crippen LogP) is 14.2. The lowest BCUT2D eigenvalue weighted by molar-refractivity contribution is 0.272. The number of benzene rings is 6. The van der Waals surface area contributed by atoms with Gasteiger partial charge in [0.05, 0.1) is 0 Å². The molecular formula is C49H50N2. The van der Waals surface area contributed by atoms with Crippen LogP contribution in [0.25, 0.3) is 0 Å². The molecule has 0 bridgehead atoms. The van der Waals surface area contributed by atoms with E-state index in [2.05, 4.69) is 181 Å². The van der Waals surface area contributed by atoms with Crippen LogP contribution in [-0.4, -0.2) is 0 Å². The summed E-state index contributed by atoms with van der Waals surface area (Å²) in [6.45, 7) is 2.44. The van der Waals surface area contributed by atoms with Gasteiger partial charge in [-0.05, 0) is 127 Å². The number of nitrogens with zero attached hydrogens (tertiary/aromatic N) is 2. The van der Waals surface area contributed by atoms with Crippen molar-refractivity contribution in [3.63, 3.8) is 0 Å². The summed E-state index contributed by atoms with van der Waals surface area (Å²) in [5.41, 5.74) is 11.4. The van der Waals surface area contributed by atoms with Crippen LogP contribution >= 0.6 is 0 Å². The molecule has 2 nitrogen and oxygen atoms in total. The molecule has 2 atom stereocenters. The maximum Gasteiger partial charge on any atom is 0.0461 e. The fraction of sp³-hybridized carbons (Fsp3) is 0.265. The van der Waals surface area contributed by atoms with E-state index in [9.17, 15) is 0 Å². The monoisotopic (exact) mass is 666 g/mol. The molecule has 2 saturated carbocycles. The van der Waals surface area contributed by atoms with Gasteiger partial charge in [-0.15, -0.1) is 0 Å². The highest BCUT2D eigenvalue weighted by Gasteiger charge is 2.38. The van der Waals surface area contributed by atoms with Gasteiger partial charge in [0.25, 0.3) is 0 Å². The van der Waals surface area contributed by atoms with E-state index in [4.69, 9.17) is 0 Å². The summed E-state index contributed by atoms with van der Waals surface area (Å²) in [5.74, 6) is 1.38. The molecule has 6 aromatic carbocycles. The Morgan fingerprint density at radius 1 is 0.412 bits per heavy atom. The van der Waals surface area contributed by atoms with E-state index >= 15 is 0 Å². The molecule has 0 aliphatic heterocycles. The Kier molecular flexibility index (Phi) is 9.75. The highest BCUT2D eigenvalue weighted by Crippen LogP contribution is 2.48. The van der Waals surface area contributed by atoms with Crippen molar-refractivity contribution in [1.82, 2.24) is 0 Å². The Morgan fingerprint density at radius 3 is 1.22 bits per heavy atom. The van der Waals surface area contributed by atoms with Crippen LogP contribution in [0.2, 0.25) is 0 Å². The van der Waals surface area contributed by atoms with Crippen molar-refractivity contribution < 1.29 is 0 Å². The zero-order valence-corrected chi connectivity index (χ0v) is 30.0. The Labute approximate surface area is 305 Å². The summed E-state index contributed by atoms with van der Waals surface area (Å²) in [7, 11) is 0. The van der Waals surface area contributed by atoms with E-state index in [0.29, 0.717) is 11.8 Å². The molecule has 51 heavy (non-hydrogen) atoms. The van der Waals surface area contributed by atoms with Crippen molar-refractivity contribution in [3.8, 4) is 0 Å². The summed E-state index contributed by atoms with van der Waals surface area (Å²) < 4.78 is 0. The molecule has 0 aromatic heterocycles. The van der Waals surface area contributed by atoms with E-state index in [1.165, 1.54) is 102 Å². The molecule has 0 N–H and O–H groups in total. The van der Waals surface area contributed by atoms with Crippen LogP contribution in [0.1, 0.15) is 87.3 Å². The Balaban J connectivity index is 1.13. The third-order valence-corrected chi connectivity index (χ3v) is 11.6. The van der Waals surface area contributed by atoms with Crippen LogP contribution in [0.15, 0.2) is 164 Å². The maximum absolute atomic E-state index is 2.44. The molecule has 2 unspecified atom stereocenters. The Hall–Kier alpha value is -5.08. The molecule has 0 amide bonds. The van der Waals surface area contributed by atoms with Crippen LogP contribution in [0, 0.1) is 5.92 Å². The van der Waals surface area contributed by atoms with Gasteiger partial charge in [0, 0.05) is 39.5 Å². The van der Waals surface area contributed by atoms with Crippen molar-refractivity contribution in [1.29, 1.82) is 0 Å². The normalized spacial score (nSPS) is 19.4. The highest BCUT2D eigenvalue weighted by molar-refractivity contribution is 5.78. The van der Waals surface area contributed by atoms with Gasteiger partial charge < -0.3 is 9.80 Å². The molecule has 0 saturated heterocycles. The summed E-state index contributed by atoms with van der Waals surface area (Å²) >= 11 is 0. The summed E-state index contributed by atoms with van der Waals surface area (Å²) in [4.78, 5) is 4.77. The molecule has 2 heteroatoms. The van der Waals surface area contributed by atoms with Gasteiger partial charge in [-0.1, -0.05) is 130 Å². The molecular weight excluding hydrogens is 617 g/mol. The first-order valence-corrected chi connectivity index (χ1v) is 19.2. The average Bonchev–Trinajstić information content (AvgIpc) is 3.20. The van der Waals surface area contributed by atoms with Gasteiger partial charge in [-0.2, -0.15) is 0 Å². The minimum Gasteiger partial charge on any atom is -0.311 e. The van der Waals surface area contributed by atoms with E-state index in [0.717, 1.165) is 6.42 Å². The fourth-order valence-corrected chi connectivity index (χ4v) is 9.06. The SMILES string of the molecule is CC1CCCC(c2ccc(N(c3ccccc3)c3ccccc3)cc2)(c2ccc(N(c3ccccc3)c3ccc(C4CCCCC4)cc3)cc2)C1. The van der Waals surface area contributed by atoms with Crippen molar-refractivity contribution in [2.45, 2.75) is 76.0 Å². The first-order valence-electron chi connectivity index (χ1n) is 19.2. The minimum atomic E-state index is -0.0156. The topological polar surface area (TPSA) is 6.48 Å². The molecule has 6 aromatic rings. The van der Waals surface area contributed by atoms with Crippen LogP contribution in [0.3, 0.4) is 0 Å². The third-order valence-electron chi connectivity index (χ3n) is 11.6. The highest BCUT2D eigenvalue weighted by atomic mass is 15.1. The van der Waals surface area contributed by atoms with Crippen LogP contribution < -0.4 is 9.80 Å². The largest absolute Gasteiger partial charge is 0.311 e. The standard InChI is InChI=1S/C49H50N2/c1-38-15-14-36-49(37-38,41-26-32-47(33-27-41)50(43-18-8-3-9-19-43)44-20-10-4-11-21-44)42-28-34-48(35-29-42)51(45-22-12-5-13-23-45)46-30-24-40(25-31-46)39-16-6-2-7-17-39/h3-5,8-13,18-35,38-39H,2,6-7,14-17,36-37H2,1H3. The second-order valence-corrected chi connectivity index (χ2v) is 15.0. The summed E-state index contributed by atoms with van der Waals surface area (Å²) in [6.07, 6.45) is 11.6. The first kappa shape index (κ1) is 33.1. The number of hydrogen-bond donors (Lipinski definition) is 0. The molecule has 8 rings (SSSR count). The average molecular weight is 667 g/mol. The van der Waals surface area contributed by atoms with Crippen LogP contribution in [0.4, 0.5) is 34.1 Å². The molecule has 2 aliphatic carbocycles. The maximum atomic E-state index is 2.44. The number of para-hydroxylation sites is 3. The van der Waals surface area contributed by atoms with Crippen LogP contribution in [0.5, 0.6) is 0 Å².